The van der Waals surface area contributed by atoms with Crippen LogP contribution in [-0.4, -0.2) is 38.0 Å². The highest BCUT2D eigenvalue weighted by Crippen LogP contribution is 2.09. The highest BCUT2D eigenvalue weighted by molar-refractivity contribution is 5.78. The van der Waals surface area contributed by atoms with E-state index in [0.29, 0.717) is 6.54 Å². The van der Waals surface area contributed by atoms with E-state index in [0.717, 1.165) is 18.7 Å². The first-order valence-electron chi connectivity index (χ1n) is 5.34. The predicted molar refractivity (Wildman–Crippen MR) is 61.6 cm³/mol. The van der Waals surface area contributed by atoms with Crippen molar-refractivity contribution < 1.29 is 13.6 Å². The minimum absolute atomic E-state index is 0.0699. The number of nitrogens with one attached hydrogen (secondary N) is 1. The third-order valence-corrected chi connectivity index (χ3v) is 2.25. The molecule has 0 atom stereocenters. The van der Waals surface area contributed by atoms with Gasteiger partial charge in [-0.1, -0.05) is 6.07 Å². The van der Waals surface area contributed by atoms with Gasteiger partial charge in [0.15, 0.2) is 0 Å². The maximum absolute atomic E-state index is 13.2. The number of amides is 1. The van der Waals surface area contributed by atoms with Crippen molar-refractivity contribution >= 4 is 5.91 Å². The summed E-state index contributed by atoms with van der Waals surface area (Å²) >= 11 is 0. The fourth-order valence-corrected chi connectivity index (χ4v) is 1.32. The van der Waals surface area contributed by atoms with Gasteiger partial charge >= 0.3 is 0 Å². The van der Waals surface area contributed by atoms with E-state index in [1.807, 2.05) is 19.0 Å². The van der Waals surface area contributed by atoms with E-state index in [2.05, 4.69) is 5.32 Å². The lowest BCUT2D eigenvalue weighted by Crippen LogP contribution is -2.32. The lowest BCUT2D eigenvalue weighted by Gasteiger charge is -2.10. The molecule has 3 nitrogen and oxygen atoms in total. The summed E-state index contributed by atoms with van der Waals surface area (Å²) in [5.41, 5.74) is 0.203. The van der Waals surface area contributed by atoms with Crippen LogP contribution in [0.15, 0.2) is 18.2 Å². The van der Waals surface area contributed by atoms with Gasteiger partial charge in [0.1, 0.15) is 11.6 Å². The molecular formula is C12H16F2N2O. The van der Waals surface area contributed by atoms with Crippen molar-refractivity contribution in [3.8, 4) is 0 Å². The van der Waals surface area contributed by atoms with Crippen LogP contribution in [-0.2, 0) is 11.2 Å². The molecule has 1 N–H and O–H groups in total. The van der Waals surface area contributed by atoms with Gasteiger partial charge in [0.05, 0.1) is 6.42 Å². The van der Waals surface area contributed by atoms with Gasteiger partial charge in [0, 0.05) is 19.2 Å². The molecule has 0 spiro atoms. The molecule has 0 fully saturated rings. The topological polar surface area (TPSA) is 32.3 Å². The summed E-state index contributed by atoms with van der Waals surface area (Å²) in [6, 6.07) is 3.21. The molecule has 1 amide bonds. The van der Waals surface area contributed by atoms with E-state index in [1.165, 1.54) is 6.07 Å². The lowest BCUT2D eigenvalue weighted by atomic mass is 10.1. The van der Waals surface area contributed by atoms with Crippen molar-refractivity contribution in [1.29, 1.82) is 0 Å². The molecule has 17 heavy (non-hydrogen) atoms. The zero-order valence-corrected chi connectivity index (χ0v) is 9.96. The van der Waals surface area contributed by atoms with E-state index < -0.39 is 11.6 Å². The summed E-state index contributed by atoms with van der Waals surface area (Å²) in [7, 11) is 3.79. The van der Waals surface area contributed by atoms with Gasteiger partial charge < -0.3 is 10.2 Å². The number of carbonyl (C=O) groups is 1. The quantitative estimate of drug-likeness (QED) is 0.841. The number of halogens is 2. The number of rotatable bonds is 5. The first-order chi connectivity index (χ1) is 7.99. The van der Waals surface area contributed by atoms with Crippen LogP contribution in [0.3, 0.4) is 0 Å². The molecule has 0 heterocycles. The van der Waals surface area contributed by atoms with Gasteiger partial charge in [-0.3, -0.25) is 4.79 Å². The van der Waals surface area contributed by atoms with Crippen LogP contribution in [0.4, 0.5) is 8.78 Å². The molecule has 1 rings (SSSR count). The Morgan fingerprint density at radius 3 is 2.65 bits per heavy atom. The number of nitrogens with zero attached hydrogens (tertiary/aromatic N) is 1. The summed E-state index contributed by atoms with van der Waals surface area (Å²) in [6.07, 6.45) is -0.0699. The SMILES string of the molecule is CN(C)CCNC(=O)Cc1ccc(F)cc1F. The highest BCUT2D eigenvalue weighted by atomic mass is 19.1. The molecule has 0 unspecified atom stereocenters. The summed E-state index contributed by atoms with van der Waals surface area (Å²) in [5, 5.41) is 2.66. The Labute approximate surface area is 99.4 Å². The maximum Gasteiger partial charge on any atom is 0.224 e. The predicted octanol–water partition coefficient (Wildman–Crippen LogP) is 1.19. The highest BCUT2D eigenvalue weighted by Gasteiger charge is 2.08. The molecule has 0 aliphatic carbocycles. The minimum atomic E-state index is -0.687. The minimum Gasteiger partial charge on any atom is -0.355 e. The van der Waals surface area contributed by atoms with Crippen molar-refractivity contribution in [3.05, 3.63) is 35.4 Å². The van der Waals surface area contributed by atoms with Crippen molar-refractivity contribution in [2.24, 2.45) is 0 Å². The fourth-order valence-electron chi connectivity index (χ4n) is 1.32. The Bertz CT molecular complexity index is 394. The van der Waals surface area contributed by atoms with Crippen LogP contribution < -0.4 is 5.32 Å². The second kappa shape index (κ2) is 6.30. The van der Waals surface area contributed by atoms with Crippen molar-refractivity contribution in [3.63, 3.8) is 0 Å². The van der Waals surface area contributed by atoms with Crippen molar-refractivity contribution in [2.75, 3.05) is 27.2 Å². The van der Waals surface area contributed by atoms with E-state index in [4.69, 9.17) is 0 Å². The molecule has 94 valence electrons. The molecule has 5 heteroatoms. The van der Waals surface area contributed by atoms with Crippen LogP contribution in [0.1, 0.15) is 5.56 Å². The third kappa shape index (κ3) is 4.91. The Kier molecular flexibility index (Phi) is 5.03. The normalized spacial score (nSPS) is 10.6. The van der Waals surface area contributed by atoms with E-state index >= 15 is 0 Å². The lowest BCUT2D eigenvalue weighted by molar-refractivity contribution is -0.120. The molecule has 1 aromatic carbocycles. The molecule has 0 bridgehead atoms. The second-order valence-corrected chi connectivity index (χ2v) is 4.07. The standard InChI is InChI=1S/C12H16F2N2O/c1-16(2)6-5-15-12(17)7-9-3-4-10(13)8-11(9)14/h3-4,8H,5-7H2,1-2H3,(H,15,17). The molecule has 0 saturated carbocycles. The van der Waals surface area contributed by atoms with Gasteiger partial charge in [-0.05, 0) is 25.7 Å². The van der Waals surface area contributed by atoms with Gasteiger partial charge in [-0.15, -0.1) is 0 Å². The zero-order valence-electron chi connectivity index (χ0n) is 9.96. The van der Waals surface area contributed by atoms with Crippen molar-refractivity contribution in [1.82, 2.24) is 10.2 Å². The first kappa shape index (κ1) is 13.6. The van der Waals surface area contributed by atoms with E-state index in [9.17, 15) is 13.6 Å². The molecule has 0 aliphatic rings. The van der Waals surface area contributed by atoms with Gasteiger partial charge in [0.2, 0.25) is 5.91 Å². The van der Waals surface area contributed by atoms with Gasteiger partial charge in [0.25, 0.3) is 0 Å². The second-order valence-electron chi connectivity index (χ2n) is 4.07. The Morgan fingerprint density at radius 1 is 1.35 bits per heavy atom. The number of hydrogen-bond acceptors (Lipinski definition) is 2. The summed E-state index contributed by atoms with van der Waals surface area (Å²) in [5.74, 6) is -1.59. The average Bonchev–Trinajstić information content (AvgIpc) is 2.21. The molecule has 0 saturated heterocycles. The first-order valence-corrected chi connectivity index (χ1v) is 5.34. The molecule has 0 aromatic heterocycles. The number of likely N-dealkylation sites (N-methyl/N-ethyl adjacent to an activating group) is 1. The monoisotopic (exact) mass is 242 g/mol. The maximum atomic E-state index is 13.2. The number of hydrogen-bond donors (Lipinski definition) is 1. The van der Waals surface area contributed by atoms with E-state index in [-0.39, 0.29) is 17.9 Å². The Hall–Kier alpha value is -1.49. The number of carbonyl (C=O) groups excluding carboxylic acids is 1. The summed E-state index contributed by atoms with van der Waals surface area (Å²) in [6.45, 7) is 1.23. The largest absolute Gasteiger partial charge is 0.355 e. The molecule has 1 aromatic rings. The van der Waals surface area contributed by atoms with Crippen molar-refractivity contribution in [2.45, 2.75) is 6.42 Å². The van der Waals surface area contributed by atoms with Crippen LogP contribution >= 0.6 is 0 Å². The molecule has 0 aliphatic heterocycles. The number of benzene rings is 1. The summed E-state index contributed by atoms with van der Waals surface area (Å²) < 4.78 is 25.9. The van der Waals surface area contributed by atoms with Crippen LogP contribution in [0.25, 0.3) is 0 Å². The van der Waals surface area contributed by atoms with E-state index in [1.54, 1.807) is 0 Å². The Balaban J connectivity index is 2.45. The van der Waals surface area contributed by atoms with Crippen LogP contribution in [0.5, 0.6) is 0 Å². The third-order valence-electron chi connectivity index (χ3n) is 2.25. The van der Waals surface area contributed by atoms with Gasteiger partial charge in [-0.25, -0.2) is 8.78 Å². The van der Waals surface area contributed by atoms with Gasteiger partial charge in [-0.2, -0.15) is 0 Å². The Morgan fingerprint density at radius 2 is 2.06 bits per heavy atom. The van der Waals surface area contributed by atoms with Crippen LogP contribution in [0, 0.1) is 11.6 Å². The fraction of sp³-hybridized carbons (Fsp3) is 0.417. The zero-order chi connectivity index (χ0) is 12.8. The average molecular weight is 242 g/mol. The summed E-state index contributed by atoms with van der Waals surface area (Å²) in [4.78, 5) is 13.4. The van der Waals surface area contributed by atoms with Crippen LogP contribution in [0.2, 0.25) is 0 Å². The molecule has 0 radical (unpaired) electrons. The molecular weight excluding hydrogens is 226 g/mol. The smallest absolute Gasteiger partial charge is 0.224 e.